The second-order valence-corrected chi connectivity index (χ2v) is 9.88. The molecule has 0 radical (unpaired) electrons. The molecule has 0 saturated heterocycles. The van der Waals surface area contributed by atoms with Crippen LogP contribution in [0.15, 0.2) is 59.5 Å². The highest BCUT2D eigenvalue weighted by Crippen LogP contribution is 2.49. The van der Waals surface area contributed by atoms with E-state index in [1.54, 1.807) is 45.2 Å². The van der Waals surface area contributed by atoms with Gasteiger partial charge in [-0.1, -0.05) is 29.8 Å². The molecule has 0 fully saturated rings. The van der Waals surface area contributed by atoms with Crippen LogP contribution in [-0.4, -0.2) is 39.7 Å². The van der Waals surface area contributed by atoms with Gasteiger partial charge in [-0.2, -0.15) is 0 Å². The van der Waals surface area contributed by atoms with E-state index >= 15 is 0 Å². The Balaban J connectivity index is 1.63. The molecule has 36 heavy (non-hydrogen) atoms. The topological polar surface area (TPSA) is 77.1 Å². The van der Waals surface area contributed by atoms with E-state index in [9.17, 15) is 9.59 Å². The molecule has 1 heterocycles. The molecule has 1 aliphatic rings. The first-order valence-electron chi connectivity index (χ1n) is 11.3. The normalized spacial score (nSPS) is 15.1. The van der Waals surface area contributed by atoms with Crippen LogP contribution in [0.2, 0.25) is 5.02 Å². The highest BCUT2D eigenvalue weighted by Gasteiger charge is 2.31. The summed E-state index contributed by atoms with van der Waals surface area (Å²) < 4.78 is 16.5. The van der Waals surface area contributed by atoms with Crippen molar-refractivity contribution < 1.29 is 23.8 Å². The summed E-state index contributed by atoms with van der Waals surface area (Å²) in [7, 11) is 4.67. The van der Waals surface area contributed by atoms with Gasteiger partial charge in [0.2, 0.25) is 17.6 Å². The van der Waals surface area contributed by atoms with Crippen LogP contribution in [0, 0.1) is 6.92 Å². The summed E-state index contributed by atoms with van der Waals surface area (Å²) in [5, 5.41) is 3.18. The Hall–Kier alpha value is -3.36. The Morgan fingerprint density at radius 1 is 1.06 bits per heavy atom. The van der Waals surface area contributed by atoms with E-state index in [2.05, 4.69) is 5.32 Å². The summed E-state index contributed by atoms with van der Waals surface area (Å²) in [6, 6.07) is 16.6. The van der Waals surface area contributed by atoms with Gasteiger partial charge in [0.05, 0.1) is 27.0 Å². The van der Waals surface area contributed by atoms with E-state index in [1.165, 1.54) is 4.90 Å². The van der Waals surface area contributed by atoms with Crippen molar-refractivity contribution in [1.82, 2.24) is 0 Å². The Kier molecular flexibility index (Phi) is 7.96. The first-order chi connectivity index (χ1) is 17.3. The molecule has 9 heteroatoms. The van der Waals surface area contributed by atoms with Gasteiger partial charge in [0.15, 0.2) is 11.5 Å². The second-order valence-electron chi connectivity index (χ2n) is 8.23. The molecular formula is C27H27ClN2O5S. The smallest absolute Gasteiger partial charge is 0.244 e. The number of nitrogens with zero attached hydrogens (tertiary/aromatic N) is 1. The summed E-state index contributed by atoms with van der Waals surface area (Å²) in [4.78, 5) is 28.9. The fourth-order valence-electron chi connectivity index (χ4n) is 4.04. The van der Waals surface area contributed by atoms with Crippen LogP contribution in [-0.2, 0) is 9.59 Å². The van der Waals surface area contributed by atoms with E-state index in [-0.39, 0.29) is 30.0 Å². The van der Waals surface area contributed by atoms with Gasteiger partial charge in [0, 0.05) is 27.3 Å². The average molecular weight is 527 g/mol. The number of para-hydroxylation sites is 1. The van der Waals surface area contributed by atoms with Gasteiger partial charge in [-0.25, -0.2) is 0 Å². The van der Waals surface area contributed by atoms with Crippen LogP contribution < -0.4 is 24.4 Å². The van der Waals surface area contributed by atoms with Gasteiger partial charge in [0.1, 0.15) is 6.54 Å². The standard InChI is InChI=1S/C27H27ClN2O5S/c1-16-9-10-18(13-19(16)28)29-25(31)15-30-20-7-5-6-8-23(20)36-24(14-26(30)32)17-11-21(33-2)27(35-4)22(12-17)34-3/h5-13,24H,14-15H2,1-4H3,(H,29,31)/t24-/m1/s1. The summed E-state index contributed by atoms with van der Waals surface area (Å²) in [6.45, 7) is 1.77. The van der Waals surface area contributed by atoms with E-state index in [4.69, 9.17) is 25.8 Å². The van der Waals surface area contributed by atoms with Gasteiger partial charge in [-0.3, -0.25) is 9.59 Å². The maximum atomic E-state index is 13.5. The number of fused-ring (bicyclic) bond motifs is 1. The van der Waals surface area contributed by atoms with Crippen molar-refractivity contribution in [3.63, 3.8) is 0 Å². The summed E-state index contributed by atoms with van der Waals surface area (Å²) in [6.07, 6.45) is 0.182. The number of hydrogen-bond donors (Lipinski definition) is 1. The van der Waals surface area contributed by atoms with Crippen LogP contribution >= 0.6 is 23.4 Å². The number of hydrogen-bond acceptors (Lipinski definition) is 6. The maximum Gasteiger partial charge on any atom is 0.244 e. The predicted molar refractivity (Wildman–Crippen MR) is 143 cm³/mol. The number of nitrogens with one attached hydrogen (secondary N) is 1. The van der Waals surface area contributed by atoms with Crippen molar-refractivity contribution in [3.05, 3.63) is 70.7 Å². The lowest BCUT2D eigenvalue weighted by Crippen LogP contribution is -2.38. The minimum absolute atomic E-state index is 0.121. The third kappa shape index (κ3) is 5.39. The minimum atomic E-state index is -0.311. The fraction of sp³-hybridized carbons (Fsp3) is 0.259. The Morgan fingerprint density at radius 2 is 1.75 bits per heavy atom. The molecule has 1 N–H and O–H groups in total. The highest BCUT2D eigenvalue weighted by molar-refractivity contribution is 7.99. The van der Waals surface area contributed by atoms with Crippen molar-refractivity contribution in [1.29, 1.82) is 0 Å². The third-order valence-electron chi connectivity index (χ3n) is 5.90. The zero-order valence-electron chi connectivity index (χ0n) is 20.5. The molecule has 0 saturated carbocycles. The lowest BCUT2D eigenvalue weighted by molar-refractivity contribution is -0.121. The molecule has 0 unspecified atom stereocenters. The van der Waals surface area contributed by atoms with Crippen molar-refractivity contribution in [2.24, 2.45) is 0 Å². The van der Waals surface area contributed by atoms with Gasteiger partial charge < -0.3 is 24.4 Å². The molecular weight excluding hydrogens is 500 g/mol. The first kappa shape index (κ1) is 25.7. The molecule has 0 bridgehead atoms. The van der Waals surface area contributed by atoms with E-state index in [1.807, 2.05) is 49.4 Å². The maximum absolute atomic E-state index is 13.5. The molecule has 7 nitrogen and oxygen atoms in total. The number of methoxy groups -OCH3 is 3. The Morgan fingerprint density at radius 3 is 2.39 bits per heavy atom. The minimum Gasteiger partial charge on any atom is -0.493 e. The lowest BCUT2D eigenvalue weighted by atomic mass is 10.1. The SMILES string of the molecule is COc1cc([C@H]2CC(=O)N(CC(=O)Nc3ccc(C)c(Cl)c3)c3ccccc3S2)cc(OC)c1OC. The van der Waals surface area contributed by atoms with Gasteiger partial charge in [-0.15, -0.1) is 11.8 Å². The molecule has 0 spiro atoms. The number of carbonyl (C=O) groups is 2. The molecule has 1 aliphatic heterocycles. The number of thioether (sulfide) groups is 1. The molecule has 0 aromatic heterocycles. The predicted octanol–water partition coefficient (Wildman–Crippen LogP) is 5.88. The van der Waals surface area contributed by atoms with Crippen LogP contribution in [0.1, 0.15) is 22.8 Å². The van der Waals surface area contributed by atoms with Crippen LogP contribution in [0.25, 0.3) is 0 Å². The third-order valence-corrected chi connectivity index (χ3v) is 7.63. The number of anilines is 2. The van der Waals surface area contributed by atoms with Crippen LogP contribution in [0.5, 0.6) is 17.2 Å². The van der Waals surface area contributed by atoms with E-state index in [0.29, 0.717) is 33.6 Å². The summed E-state index contributed by atoms with van der Waals surface area (Å²) in [5.74, 6) is 1.05. The molecule has 0 aliphatic carbocycles. The van der Waals surface area contributed by atoms with E-state index in [0.717, 1.165) is 16.0 Å². The number of carbonyl (C=O) groups excluding carboxylic acids is 2. The molecule has 3 aromatic carbocycles. The fourth-order valence-corrected chi connectivity index (χ4v) is 5.48. The first-order valence-corrected chi connectivity index (χ1v) is 12.5. The summed E-state index contributed by atoms with van der Waals surface area (Å²) >= 11 is 7.75. The number of amides is 2. The van der Waals surface area contributed by atoms with Crippen LogP contribution in [0.4, 0.5) is 11.4 Å². The molecule has 2 amide bonds. The van der Waals surface area contributed by atoms with E-state index < -0.39 is 0 Å². The quantitative estimate of drug-likeness (QED) is 0.414. The van der Waals surface area contributed by atoms with Crippen molar-refractivity contribution in [2.75, 3.05) is 38.1 Å². The lowest BCUT2D eigenvalue weighted by Gasteiger charge is -2.22. The molecule has 4 rings (SSSR count). The Bertz CT molecular complexity index is 1270. The van der Waals surface area contributed by atoms with Crippen molar-refractivity contribution in [3.8, 4) is 17.2 Å². The van der Waals surface area contributed by atoms with Gasteiger partial charge in [0.25, 0.3) is 0 Å². The summed E-state index contributed by atoms with van der Waals surface area (Å²) in [5.41, 5.74) is 3.05. The number of halogens is 1. The Labute approximate surface area is 219 Å². The average Bonchev–Trinajstić information content (AvgIpc) is 3.01. The largest absolute Gasteiger partial charge is 0.493 e. The number of benzene rings is 3. The van der Waals surface area contributed by atoms with Crippen molar-refractivity contribution >= 4 is 46.6 Å². The van der Waals surface area contributed by atoms with Crippen LogP contribution in [0.3, 0.4) is 0 Å². The van der Waals surface area contributed by atoms with Gasteiger partial charge >= 0.3 is 0 Å². The highest BCUT2D eigenvalue weighted by atomic mass is 35.5. The number of rotatable bonds is 7. The molecule has 3 aromatic rings. The second kappa shape index (κ2) is 11.1. The number of aryl methyl sites for hydroxylation is 1. The van der Waals surface area contributed by atoms with Gasteiger partial charge in [-0.05, 0) is 54.4 Å². The molecule has 188 valence electrons. The van der Waals surface area contributed by atoms with Crippen molar-refractivity contribution in [2.45, 2.75) is 23.5 Å². The zero-order chi connectivity index (χ0) is 25.8. The molecule has 1 atom stereocenters. The zero-order valence-corrected chi connectivity index (χ0v) is 22.0. The number of ether oxygens (including phenoxy) is 3. The monoisotopic (exact) mass is 526 g/mol.